The van der Waals surface area contributed by atoms with Crippen molar-refractivity contribution in [1.29, 1.82) is 0 Å². The summed E-state index contributed by atoms with van der Waals surface area (Å²) < 4.78 is 5.55. The van der Waals surface area contributed by atoms with Gasteiger partial charge in [0, 0.05) is 25.3 Å². The van der Waals surface area contributed by atoms with Crippen LogP contribution in [0.25, 0.3) is 0 Å². The van der Waals surface area contributed by atoms with Crippen molar-refractivity contribution in [3.05, 3.63) is 35.9 Å². The third kappa shape index (κ3) is 3.12. The molecule has 1 aromatic carbocycles. The molecule has 2 aliphatic rings. The summed E-state index contributed by atoms with van der Waals surface area (Å²) in [6, 6.07) is 12.2. The molecule has 2 nitrogen and oxygen atoms in total. The van der Waals surface area contributed by atoms with E-state index in [4.69, 9.17) is 4.74 Å². The summed E-state index contributed by atoms with van der Waals surface area (Å²) in [5.74, 6) is 0.858. The van der Waals surface area contributed by atoms with E-state index < -0.39 is 0 Å². The van der Waals surface area contributed by atoms with Gasteiger partial charge in [-0.3, -0.25) is 0 Å². The normalized spacial score (nSPS) is 26.6. The highest BCUT2D eigenvalue weighted by Crippen LogP contribution is 2.41. The smallest absolute Gasteiger partial charge is 0.0480 e. The second kappa shape index (κ2) is 5.85. The zero-order chi connectivity index (χ0) is 12.2. The van der Waals surface area contributed by atoms with Crippen molar-refractivity contribution in [3.8, 4) is 0 Å². The molecule has 1 saturated heterocycles. The largest absolute Gasteiger partial charge is 0.381 e. The van der Waals surface area contributed by atoms with Crippen LogP contribution in [0.5, 0.6) is 0 Å². The van der Waals surface area contributed by atoms with Crippen LogP contribution in [0, 0.1) is 5.92 Å². The van der Waals surface area contributed by atoms with E-state index in [1.54, 1.807) is 0 Å². The van der Waals surface area contributed by atoms with Gasteiger partial charge in [0.15, 0.2) is 0 Å². The Morgan fingerprint density at radius 3 is 2.61 bits per heavy atom. The topological polar surface area (TPSA) is 21.3 Å². The fourth-order valence-corrected chi connectivity index (χ4v) is 2.92. The van der Waals surface area contributed by atoms with Gasteiger partial charge >= 0.3 is 0 Å². The van der Waals surface area contributed by atoms with Crippen molar-refractivity contribution in [2.75, 3.05) is 13.2 Å². The van der Waals surface area contributed by atoms with Gasteiger partial charge in [-0.05, 0) is 43.6 Å². The van der Waals surface area contributed by atoms with Gasteiger partial charge in [0.2, 0.25) is 0 Å². The zero-order valence-electron chi connectivity index (χ0n) is 11.0. The molecule has 2 heteroatoms. The Morgan fingerprint density at radius 2 is 1.83 bits per heavy atom. The number of rotatable bonds is 4. The average Bonchev–Trinajstić information content (AvgIpc) is 3.24. The molecule has 1 N–H and O–H groups in total. The molecule has 18 heavy (non-hydrogen) atoms. The minimum absolute atomic E-state index is 0.564. The first-order chi connectivity index (χ1) is 8.93. The number of ether oxygens (including phenoxy) is 1. The molecule has 0 spiro atoms. The molecule has 98 valence electrons. The van der Waals surface area contributed by atoms with E-state index >= 15 is 0 Å². The van der Waals surface area contributed by atoms with E-state index in [0.717, 1.165) is 25.6 Å². The van der Waals surface area contributed by atoms with Crippen LogP contribution in [0.4, 0.5) is 0 Å². The van der Waals surface area contributed by atoms with Crippen molar-refractivity contribution >= 4 is 0 Å². The molecule has 0 aromatic heterocycles. The van der Waals surface area contributed by atoms with Gasteiger partial charge in [0.05, 0.1) is 0 Å². The Morgan fingerprint density at radius 1 is 1.00 bits per heavy atom. The molecule has 1 aliphatic heterocycles. The summed E-state index contributed by atoms with van der Waals surface area (Å²) in [6.07, 6.45) is 6.39. The Kier molecular flexibility index (Phi) is 3.96. The van der Waals surface area contributed by atoms with Gasteiger partial charge < -0.3 is 10.1 Å². The maximum atomic E-state index is 5.55. The Balaban J connectivity index is 1.66. The summed E-state index contributed by atoms with van der Waals surface area (Å²) in [6.45, 7) is 1.86. The summed E-state index contributed by atoms with van der Waals surface area (Å²) in [5.41, 5.74) is 1.46. The Labute approximate surface area is 110 Å². The van der Waals surface area contributed by atoms with Crippen LogP contribution in [0.1, 0.15) is 43.7 Å². The minimum atomic E-state index is 0.564. The first-order valence-corrected chi connectivity index (χ1v) is 7.32. The quantitative estimate of drug-likeness (QED) is 0.879. The first kappa shape index (κ1) is 12.2. The van der Waals surface area contributed by atoms with Gasteiger partial charge in [-0.2, -0.15) is 0 Å². The highest BCUT2D eigenvalue weighted by molar-refractivity contribution is 5.21. The molecule has 3 rings (SSSR count). The Hall–Kier alpha value is -0.860. The summed E-state index contributed by atoms with van der Waals surface area (Å²) >= 11 is 0. The summed E-state index contributed by atoms with van der Waals surface area (Å²) in [4.78, 5) is 0. The molecule has 1 aliphatic carbocycles. The predicted octanol–water partition coefficient (Wildman–Crippen LogP) is 3.30. The lowest BCUT2D eigenvalue weighted by Crippen LogP contribution is -2.34. The molecule has 1 aromatic rings. The van der Waals surface area contributed by atoms with E-state index in [-0.39, 0.29) is 0 Å². The van der Waals surface area contributed by atoms with Crippen LogP contribution < -0.4 is 5.32 Å². The van der Waals surface area contributed by atoms with Gasteiger partial charge in [0.25, 0.3) is 0 Å². The monoisotopic (exact) mass is 245 g/mol. The van der Waals surface area contributed by atoms with E-state index in [9.17, 15) is 0 Å². The molecular weight excluding hydrogens is 222 g/mol. The third-order valence-electron chi connectivity index (χ3n) is 4.12. The van der Waals surface area contributed by atoms with Gasteiger partial charge in [-0.15, -0.1) is 0 Å². The fraction of sp³-hybridized carbons (Fsp3) is 0.625. The number of nitrogens with one attached hydrogen (secondary N) is 1. The second-order valence-electron chi connectivity index (χ2n) is 5.63. The summed E-state index contributed by atoms with van der Waals surface area (Å²) in [5, 5.41) is 3.89. The lowest BCUT2D eigenvalue weighted by Gasteiger charge is -2.25. The van der Waals surface area contributed by atoms with Crippen LogP contribution in [-0.2, 0) is 4.74 Å². The lowest BCUT2D eigenvalue weighted by molar-refractivity contribution is 0.142. The molecular formula is C16H23NO. The molecule has 2 atom stereocenters. The van der Waals surface area contributed by atoms with Crippen molar-refractivity contribution in [1.82, 2.24) is 5.32 Å². The average molecular weight is 245 g/mol. The van der Waals surface area contributed by atoms with Crippen LogP contribution in [-0.4, -0.2) is 19.3 Å². The van der Waals surface area contributed by atoms with E-state index in [2.05, 4.69) is 35.6 Å². The minimum Gasteiger partial charge on any atom is -0.381 e. The van der Waals surface area contributed by atoms with E-state index in [0.29, 0.717) is 12.1 Å². The highest BCUT2D eigenvalue weighted by Gasteiger charge is 2.33. The fourth-order valence-electron chi connectivity index (χ4n) is 2.92. The zero-order valence-corrected chi connectivity index (χ0v) is 11.0. The van der Waals surface area contributed by atoms with Crippen LogP contribution >= 0.6 is 0 Å². The van der Waals surface area contributed by atoms with Gasteiger partial charge in [0.1, 0.15) is 0 Å². The SMILES string of the molecule is c1ccc(C(NC2CCCOCC2)C2CC2)cc1. The Bertz CT molecular complexity index is 353. The molecule has 0 amide bonds. The molecule has 0 bridgehead atoms. The lowest BCUT2D eigenvalue weighted by atomic mass is 9.99. The van der Waals surface area contributed by atoms with Crippen LogP contribution in [0.15, 0.2) is 30.3 Å². The highest BCUT2D eigenvalue weighted by atomic mass is 16.5. The molecule has 1 saturated carbocycles. The van der Waals surface area contributed by atoms with Crippen molar-refractivity contribution in [2.24, 2.45) is 5.92 Å². The van der Waals surface area contributed by atoms with Crippen molar-refractivity contribution in [2.45, 2.75) is 44.2 Å². The number of hydrogen-bond donors (Lipinski definition) is 1. The summed E-state index contributed by atoms with van der Waals surface area (Å²) in [7, 11) is 0. The van der Waals surface area contributed by atoms with Gasteiger partial charge in [-0.25, -0.2) is 0 Å². The van der Waals surface area contributed by atoms with Crippen LogP contribution in [0.3, 0.4) is 0 Å². The number of hydrogen-bond acceptors (Lipinski definition) is 2. The van der Waals surface area contributed by atoms with E-state index in [1.807, 2.05) is 0 Å². The molecule has 1 heterocycles. The standard InChI is InChI=1S/C16H23NO/c1-2-5-13(6-3-1)16(14-8-9-14)17-15-7-4-11-18-12-10-15/h1-3,5-6,14-17H,4,7-12H2. The van der Waals surface area contributed by atoms with Gasteiger partial charge in [-0.1, -0.05) is 30.3 Å². The van der Waals surface area contributed by atoms with E-state index in [1.165, 1.54) is 31.2 Å². The van der Waals surface area contributed by atoms with Crippen molar-refractivity contribution in [3.63, 3.8) is 0 Å². The first-order valence-electron chi connectivity index (χ1n) is 7.32. The number of benzene rings is 1. The van der Waals surface area contributed by atoms with Crippen molar-refractivity contribution < 1.29 is 4.74 Å². The molecule has 2 unspecified atom stereocenters. The second-order valence-corrected chi connectivity index (χ2v) is 5.63. The maximum absolute atomic E-state index is 5.55. The maximum Gasteiger partial charge on any atom is 0.0480 e. The molecule has 0 radical (unpaired) electrons. The third-order valence-corrected chi connectivity index (χ3v) is 4.12. The van der Waals surface area contributed by atoms with Crippen LogP contribution in [0.2, 0.25) is 0 Å². The molecule has 2 fully saturated rings. The predicted molar refractivity (Wildman–Crippen MR) is 73.5 cm³/mol.